The predicted molar refractivity (Wildman–Crippen MR) is 122 cm³/mol. The Labute approximate surface area is 181 Å². The number of methoxy groups -OCH3 is 1. The second kappa shape index (κ2) is 10.1. The summed E-state index contributed by atoms with van der Waals surface area (Å²) >= 11 is 1.35. The third-order valence-corrected chi connectivity index (χ3v) is 5.54. The molecule has 0 radical (unpaired) electrons. The molecule has 0 spiro atoms. The molecule has 30 heavy (non-hydrogen) atoms. The molecule has 3 aromatic rings. The molecule has 156 valence electrons. The van der Waals surface area contributed by atoms with Gasteiger partial charge in [0.15, 0.2) is 11.0 Å². The molecule has 2 aromatic carbocycles. The molecular weight excluding hydrogens is 396 g/mol. The molecule has 0 bridgehead atoms. The molecule has 0 unspecified atom stereocenters. The Morgan fingerprint density at radius 3 is 2.47 bits per heavy atom. The maximum absolute atomic E-state index is 12.4. The van der Waals surface area contributed by atoms with Gasteiger partial charge in [-0.05, 0) is 47.9 Å². The van der Waals surface area contributed by atoms with Crippen molar-refractivity contribution in [1.82, 2.24) is 14.8 Å². The van der Waals surface area contributed by atoms with Crippen LogP contribution in [0.4, 0.5) is 5.69 Å². The number of anilines is 1. The maximum atomic E-state index is 12.4. The second-order valence-corrected chi connectivity index (χ2v) is 7.99. The van der Waals surface area contributed by atoms with Crippen LogP contribution >= 0.6 is 11.8 Å². The van der Waals surface area contributed by atoms with E-state index in [0.717, 1.165) is 22.8 Å². The molecule has 0 aliphatic rings. The van der Waals surface area contributed by atoms with Crippen LogP contribution in [0.25, 0.3) is 11.4 Å². The van der Waals surface area contributed by atoms with E-state index >= 15 is 0 Å². The minimum absolute atomic E-state index is 0.0866. The fourth-order valence-corrected chi connectivity index (χ4v) is 3.67. The number of aromatic nitrogens is 3. The summed E-state index contributed by atoms with van der Waals surface area (Å²) in [6, 6.07) is 15.6. The first-order chi connectivity index (χ1) is 14.5. The first-order valence-electron chi connectivity index (χ1n) is 9.73. The molecule has 1 N–H and O–H groups in total. The highest BCUT2D eigenvalue weighted by Crippen LogP contribution is 2.26. The fourth-order valence-electron chi connectivity index (χ4n) is 2.92. The van der Waals surface area contributed by atoms with Crippen molar-refractivity contribution in [2.75, 3.05) is 18.2 Å². The quantitative estimate of drug-likeness (QED) is 0.388. The largest absolute Gasteiger partial charge is 0.497 e. The van der Waals surface area contributed by atoms with E-state index in [4.69, 9.17) is 4.74 Å². The van der Waals surface area contributed by atoms with Crippen molar-refractivity contribution < 1.29 is 9.53 Å². The summed E-state index contributed by atoms with van der Waals surface area (Å²) in [5, 5.41) is 12.2. The Morgan fingerprint density at radius 2 is 1.87 bits per heavy atom. The topological polar surface area (TPSA) is 69.0 Å². The van der Waals surface area contributed by atoms with Crippen molar-refractivity contribution >= 4 is 23.4 Å². The molecule has 3 rings (SSSR count). The van der Waals surface area contributed by atoms with Crippen LogP contribution in [0.5, 0.6) is 5.75 Å². The zero-order valence-corrected chi connectivity index (χ0v) is 18.3. The highest BCUT2D eigenvalue weighted by Gasteiger charge is 2.15. The first kappa shape index (κ1) is 21.6. The van der Waals surface area contributed by atoms with Gasteiger partial charge < -0.3 is 10.1 Å². The van der Waals surface area contributed by atoms with Crippen molar-refractivity contribution in [2.45, 2.75) is 31.5 Å². The molecule has 6 nitrogen and oxygen atoms in total. The molecule has 0 saturated carbocycles. The summed E-state index contributed by atoms with van der Waals surface area (Å²) < 4.78 is 7.16. The van der Waals surface area contributed by atoms with Crippen molar-refractivity contribution in [3.05, 3.63) is 66.7 Å². The van der Waals surface area contributed by atoms with Crippen LogP contribution in [0.2, 0.25) is 0 Å². The van der Waals surface area contributed by atoms with Gasteiger partial charge in [0.2, 0.25) is 5.91 Å². The number of nitrogens with one attached hydrogen (secondary N) is 1. The van der Waals surface area contributed by atoms with Gasteiger partial charge in [-0.25, -0.2) is 0 Å². The zero-order chi connectivity index (χ0) is 21.5. The average Bonchev–Trinajstić information content (AvgIpc) is 3.15. The SMILES string of the molecule is C=CCn1c(SCC(=O)Nc2ccc(C(C)C)cc2)nnc1-c1ccc(OC)cc1. The molecule has 0 aliphatic heterocycles. The van der Waals surface area contributed by atoms with E-state index in [-0.39, 0.29) is 11.7 Å². The number of benzene rings is 2. The van der Waals surface area contributed by atoms with Gasteiger partial charge >= 0.3 is 0 Å². The van der Waals surface area contributed by atoms with E-state index in [1.54, 1.807) is 13.2 Å². The maximum Gasteiger partial charge on any atom is 0.234 e. The number of hydrogen-bond acceptors (Lipinski definition) is 5. The third kappa shape index (κ3) is 5.30. The lowest BCUT2D eigenvalue weighted by atomic mass is 10.0. The van der Waals surface area contributed by atoms with Gasteiger partial charge in [0.05, 0.1) is 12.9 Å². The van der Waals surface area contributed by atoms with Crippen molar-refractivity contribution in [1.29, 1.82) is 0 Å². The Morgan fingerprint density at radius 1 is 1.17 bits per heavy atom. The molecule has 1 aromatic heterocycles. The van der Waals surface area contributed by atoms with E-state index in [9.17, 15) is 4.79 Å². The average molecular weight is 423 g/mol. The Balaban J connectivity index is 1.67. The molecular formula is C23H26N4O2S. The molecule has 0 fully saturated rings. The van der Waals surface area contributed by atoms with Crippen LogP contribution < -0.4 is 10.1 Å². The number of carbonyl (C=O) groups is 1. The van der Waals surface area contributed by atoms with Crippen LogP contribution in [0.1, 0.15) is 25.3 Å². The fraction of sp³-hybridized carbons (Fsp3) is 0.261. The number of ether oxygens (including phenoxy) is 1. The number of amides is 1. The smallest absolute Gasteiger partial charge is 0.234 e. The standard InChI is InChI=1S/C23H26N4O2S/c1-5-14-27-22(18-8-12-20(29-4)13-9-18)25-26-23(27)30-15-21(28)24-19-10-6-17(7-11-19)16(2)3/h5-13,16H,1,14-15H2,2-4H3,(H,24,28). The van der Waals surface area contributed by atoms with E-state index in [1.165, 1.54) is 17.3 Å². The molecule has 1 amide bonds. The Hall–Kier alpha value is -3.06. The van der Waals surface area contributed by atoms with Crippen LogP contribution in [-0.2, 0) is 11.3 Å². The van der Waals surface area contributed by atoms with Crippen LogP contribution in [0.3, 0.4) is 0 Å². The van der Waals surface area contributed by atoms with Crippen molar-refractivity contribution in [3.63, 3.8) is 0 Å². The monoisotopic (exact) mass is 422 g/mol. The Kier molecular flexibility index (Phi) is 7.30. The van der Waals surface area contributed by atoms with Gasteiger partial charge in [-0.3, -0.25) is 9.36 Å². The van der Waals surface area contributed by atoms with Gasteiger partial charge in [-0.1, -0.05) is 43.8 Å². The lowest BCUT2D eigenvalue weighted by Crippen LogP contribution is -2.14. The van der Waals surface area contributed by atoms with Gasteiger partial charge in [-0.2, -0.15) is 0 Å². The minimum Gasteiger partial charge on any atom is -0.497 e. The van der Waals surface area contributed by atoms with E-state index in [0.29, 0.717) is 17.6 Å². The Bertz CT molecular complexity index is 995. The molecule has 1 heterocycles. The van der Waals surface area contributed by atoms with Gasteiger partial charge in [-0.15, -0.1) is 16.8 Å². The number of nitrogens with zero attached hydrogens (tertiary/aromatic N) is 3. The summed E-state index contributed by atoms with van der Waals surface area (Å²) in [6.45, 7) is 8.66. The molecule has 7 heteroatoms. The van der Waals surface area contributed by atoms with Crippen molar-refractivity contribution in [2.24, 2.45) is 0 Å². The zero-order valence-electron chi connectivity index (χ0n) is 17.5. The second-order valence-electron chi connectivity index (χ2n) is 7.05. The predicted octanol–water partition coefficient (Wildman–Crippen LogP) is 4.99. The summed E-state index contributed by atoms with van der Waals surface area (Å²) in [4.78, 5) is 12.4. The summed E-state index contributed by atoms with van der Waals surface area (Å²) in [5.41, 5.74) is 2.95. The lowest BCUT2D eigenvalue weighted by Gasteiger charge is -2.09. The number of hydrogen-bond donors (Lipinski definition) is 1. The summed E-state index contributed by atoms with van der Waals surface area (Å²) in [6.07, 6.45) is 1.79. The lowest BCUT2D eigenvalue weighted by molar-refractivity contribution is -0.113. The summed E-state index contributed by atoms with van der Waals surface area (Å²) in [5.74, 6) is 2.12. The minimum atomic E-state index is -0.0866. The molecule has 0 atom stereocenters. The van der Waals surface area contributed by atoms with Gasteiger partial charge in [0.25, 0.3) is 0 Å². The van der Waals surface area contributed by atoms with Crippen LogP contribution in [0.15, 0.2) is 66.3 Å². The van der Waals surface area contributed by atoms with Crippen molar-refractivity contribution in [3.8, 4) is 17.1 Å². The molecule has 0 aliphatic carbocycles. The van der Waals surface area contributed by atoms with Crippen LogP contribution in [-0.4, -0.2) is 33.5 Å². The highest BCUT2D eigenvalue weighted by molar-refractivity contribution is 7.99. The number of thioether (sulfide) groups is 1. The van der Waals surface area contributed by atoms with E-state index < -0.39 is 0 Å². The third-order valence-electron chi connectivity index (χ3n) is 4.57. The van der Waals surface area contributed by atoms with Gasteiger partial charge in [0.1, 0.15) is 5.75 Å². The van der Waals surface area contributed by atoms with Crippen LogP contribution in [0, 0.1) is 0 Å². The van der Waals surface area contributed by atoms with E-state index in [2.05, 4.69) is 35.9 Å². The number of carbonyl (C=O) groups excluding carboxylic acids is 1. The normalized spacial score (nSPS) is 10.8. The van der Waals surface area contributed by atoms with Gasteiger partial charge in [0, 0.05) is 17.8 Å². The first-order valence-corrected chi connectivity index (χ1v) is 10.7. The number of rotatable bonds is 9. The molecule has 0 saturated heterocycles. The highest BCUT2D eigenvalue weighted by atomic mass is 32.2. The van der Waals surface area contributed by atoms with E-state index in [1.807, 2.05) is 53.1 Å². The summed E-state index contributed by atoms with van der Waals surface area (Å²) in [7, 11) is 1.63. The number of allylic oxidation sites excluding steroid dienone is 1.